The fourth-order valence-electron chi connectivity index (χ4n) is 7.62. The number of anilines is 1. The van der Waals surface area contributed by atoms with Crippen molar-refractivity contribution in [3.63, 3.8) is 0 Å². The first-order valence-corrected chi connectivity index (χ1v) is 17.2. The minimum atomic E-state index is -0.0150. The lowest BCUT2D eigenvalue weighted by Crippen LogP contribution is -2.42. The van der Waals surface area contributed by atoms with E-state index in [0.717, 1.165) is 76.6 Å². The van der Waals surface area contributed by atoms with Gasteiger partial charge in [-0.2, -0.15) is 5.26 Å². The van der Waals surface area contributed by atoms with E-state index in [9.17, 15) is 5.26 Å². The highest BCUT2D eigenvalue weighted by Gasteiger charge is 2.26. The summed E-state index contributed by atoms with van der Waals surface area (Å²) in [5, 5.41) is 17.2. The van der Waals surface area contributed by atoms with E-state index in [4.69, 9.17) is 14.4 Å². The molecule has 4 aliphatic rings. The number of nitriles is 1. The van der Waals surface area contributed by atoms with Crippen molar-refractivity contribution in [1.29, 1.82) is 5.26 Å². The molecule has 4 aromatic rings. The standard InChI is InChI=1S/C40H41N7O/c1-26-32(9-7-11-34(26)40-45-36-21-28(24-46-15-3-4-16-46)19-31(22-41)38(36)48-40)33-10-8-12-35(27(33)2)44-39-37-30(13-14-42-39)20-29(23-43-37)25-47-17-5-6-18-47/h7-14,19-21,23,37,43H,3-6,15-18,24-25H2,1-2H3,(H,42,44). The average Bonchev–Trinajstić information content (AvgIpc) is 3.89. The van der Waals surface area contributed by atoms with Crippen LogP contribution in [0.25, 0.3) is 33.7 Å². The molecule has 1 atom stereocenters. The zero-order valence-corrected chi connectivity index (χ0v) is 27.7. The molecule has 48 heavy (non-hydrogen) atoms. The predicted octanol–water partition coefficient (Wildman–Crippen LogP) is 7.46. The second-order valence-corrected chi connectivity index (χ2v) is 13.5. The van der Waals surface area contributed by atoms with Crippen molar-refractivity contribution in [2.75, 3.05) is 38.0 Å². The first kappa shape index (κ1) is 30.4. The van der Waals surface area contributed by atoms with Crippen molar-refractivity contribution in [2.24, 2.45) is 4.99 Å². The Bertz CT molecular complexity index is 2050. The van der Waals surface area contributed by atoms with Crippen molar-refractivity contribution in [3.8, 4) is 28.7 Å². The van der Waals surface area contributed by atoms with Gasteiger partial charge in [0.15, 0.2) is 5.58 Å². The Balaban J connectivity index is 1.05. The van der Waals surface area contributed by atoms with Crippen molar-refractivity contribution in [3.05, 3.63) is 106 Å². The highest BCUT2D eigenvalue weighted by molar-refractivity contribution is 6.04. The van der Waals surface area contributed by atoms with Gasteiger partial charge in [-0.3, -0.25) is 9.80 Å². The van der Waals surface area contributed by atoms with E-state index < -0.39 is 0 Å². The topological polar surface area (TPSA) is 92.7 Å². The lowest BCUT2D eigenvalue weighted by atomic mass is 9.92. The molecule has 0 bridgehead atoms. The maximum absolute atomic E-state index is 9.97. The summed E-state index contributed by atoms with van der Waals surface area (Å²) in [4.78, 5) is 14.6. The fraction of sp³-hybridized carbons (Fsp3) is 0.325. The maximum atomic E-state index is 9.97. The molecule has 8 rings (SSSR count). The van der Waals surface area contributed by atoms with Crippen LogP contribution in [0.2, 0.25) is 0 Å². The molecule has 2 fully saturated rings. The van der Waals surface area contributed by atoms with Gasteiger partial charge in [-0.1, -0.05) is 30.3 Å². The normalized spacial score (nSPS) is 19.4. The summed E-state index contributed by atoms with van der Waals surface area (Å²) in [6.45, 7) is 10.7. The zero-order valence-electron chi connectivity index (χ0n) is 27.7. The van der Waals surface area contributed by atoms with Crippen molar-refractivity contribution >= 4 is 22.6 Å². The van der Waals surface area contributed by atoms with Crippen LogP contribution in [0, 0.1) is 25.2 Å². The summed E-state index contributed by atoms with van der Waals surface area (Å²) in [5.41, 5.74) is 11.9. The van der Waals surface area contributed by atoms with E-state index in [1.165, 1.54) is 49.9 Å². The number of hydrogen-bond acceptors (Lipinski definition) is 8. The van der Waals surface area contributed by atoms with Crippen molar-refractivity contribution in [2.45, 2.75) is 52.1 Å². The number of aromatic nitrogens is 1. The van der Waals surface area contributed by atoms with Crippen LogP contribution in [-0.4, -0.2) is 59.4 Å². The second kappa shape index (κ2) is 12.9. The van der Waals surface area contributed by atoms with Gasteiger partial charge in [-0.15, -0.1) is 0 Å². The Morgan fingerprint density at radius 2 is 1.62 bits per heavy atom. The van der Waals surface area contributed by atoms with Gasteiger partial charge in [-0.05, 0) is 135 Å². The monoisotopic (exact) mass is 635 g/mol. The summed E-state index contributed by atoms with van der Waals surface area (Å²) in [7, 11) is 0. The van der Waals surface area contributed by atoms with Gasteiger partial charge in [0.25, 0.3) is 0 Å². The summed E-state index contributed by atoms with van der Waals surface area (Å²) in [6, 6.07) is 19.0. The molecule has 8 nitrogen and oxygen atoms in total. The van der Waals surface area contributed by atoms with Gasteiger partial charge in [0.2, 0.25) is 5.89 Å². The van der Waals surface area contributed by atoms with Crippen LogP contribution in [-0.2, 0) is 6.54 Å². The van der Waals surface area contributed by atoms with Gasteiger partial charge in [-0.25, -0.2) is 9.98 Å². The molecule has 1 aromatic heterocycles. The number of nitrogens with zero attached hydrogens (tertiary/aromatic N) is 5. The van der Waals surface area contributed by atoms with E-state index >= 15 is 0 Å². The number of benzene rings is 3. The van der Waals surface area contributed by atoms with Crippen LogP contribution in [0.4, 0.5) is 5.69 Å². The molecule has 2 N–H and O–H groups in total. The number of hydrogen-bond donors (Lipinski definition) is 2. The minimum Gasteiger partial charge on any atom is -0.435 e. The molecule has 1 unspecified atom stereocenters. The van der Waals surface area contributed by atoms with Gasteiger partial charge in [0.05, 0.1) is 5.56 Å². The Hall–Kier alpha value is -4.97. The van der Waals surface area contributed by atoms with Gasteiger partial charge in [0.1, 0.15) is 23.5 Å². The SMILES string of the molecule is Cc1c(NC2=NC=CC3=CC(CN4CCCC4)=CNC32)cccc1-c1cccc(-c2nc3cc(CN4CCCC4)cc(C#N)c3o2)c1C. The van der Waals surface area contributed by atoms with E-state index in [1.54, 1.807) is 0 Å². The first-order chi connectivity index (χ1) is 23.5. The molecule has 4 aliphatic heterocycles. The van der Waals surface area contributed by atoms with Crippen molar-refractivity contribution < 1.29 is 4.42 Å². The van der Waals surface area contributed by atoms with Crippen LogP contribution in [0.5, 0.6) is 0 Å². The van der Waals surface area contributed by atoms with Gasteiger partial charge >= 0.3 is 0 Å². The third-order valence-electron chi connectivity index (χ3n) is 10.2. The van der Waals surface area contributed by atoms with Gasteiger partial charge in [0, 0.05) is 36.7 Å². The molecule has 0 amide bonds. The van der Waals surface area contributed by atoms with E-state index in [1.807, 2.05) is 12.3 Å². The number of oxazole rings is 1. The summed E-state index contributed by atoms with van der Waals surface area (Å²) in [5.74, 6) is 1.42. The molecule has 0 aliphatic carbocycles. The summed E-state index contributed by atoms with van der Waals surface area (Å²) in [6.07, 6.45) is 13.5. The molecule has 5 heterocycles. The van der Waals surface area contributed by atoms with Gasteiger partial charge < -0.3 is 15.1 Å². The number of fused-ring (bicyclic) bond motifs is 2. The molecule has 8 heteroatoms. The fourth-order valence-corrected chi connectivity index (χ4v) is 7.62. The van der Waals surface area contributed by atoms with Crippen LogP contribution in [0.3, 0.4) is 0 Å². The average molecular weight is 636 g/mol. The highest BCUT2D eigenvalue weighted by atomic mass is 16.3. The smallest absolute Gasteiger partial charge is 0.227 e. The van der Waals surface area contributed by atoms with E-state index in [-0.39, 0.29) is 6.04 Å². The lowest BCUT2D eigenvalue weighted by Gasteiger charge is -2.29. The predicted molar refractivity (Wildman–Crippen MR) is 193 cm³/mol. The molecule has 0 radical (unpaired) electrons. The lowest BCUT2D eigenvalue weighted by molar-refractivity contribution is 0.331. The number of amidine groups is 1. The van der Waals surface area contributed by atoms with Crippen LogP contribution >= 0.6 is 0 Å². The largest absolute Gasteiger partial charge is 0.435 e. The molecular formula is C40H41N7O. The third-order valence-corrected chi connectivity index (χ3v) is 10.2. The molecule has 3 aromatic carbocycles. The van der Waals surface area contributed by atoms with Crippen LogP contribution in [0.15, 0.2) is 93.6 Å². The summed E-state index contributed by atoms with van der Waals surface area (Å²) >= 11 is 0. The zero-order chi connectivity index (χ0) is 32.6. The molecule has 0 saturated carbocycles. The van der Waals surface area contributed by atoms with Crippen LogP contribution in [0.1, 0.15) is 47.9 Å². The van der Waals surface area contributed by atoms with Crippen molar-refractivity contribution in [1.82, 2.24) is 20.1 Å². The number of rotatable bonds is 7. The molecule has 2 saturated heterocycles. The maximum Gasteiger partial charge on any atom is 0.227 e. The molecule has 242 valence electrons. The van der Waals surface area contributed by atoms with E-state index in [0.29, 0.717) is 17.0 Å². The highest BCUT2D eigenvalue weighted by Crippen LogP contribution is 2.37. The van der Waals surface area contributed by atoms with E-state index in [2.05, 4.69) is 101 Å². The number of dihydropyridines is 1. The van der Waals surface area contributed by atoms with Crippen LogP contribution < -0.4 is 10.6 Å². The molecule has 0 spiro atoms. The second-order valence-electron chi connectivity index (χ2n) is 13.5. The number of aliphatic imine (C=N–C) groups is 1. The summed E-state index contributed by atoms with van der Waals surface area (Å²) < 4.78 is 6.32. The number of nitrogens with one attached hydrogen (secondary N) is 2. The molecular weight excluding hydrogens is 594 g/mol. The quantitative estimate of drug-likeness (QED) is 0.218. The Labute approximate surface area is 282 Å². The Kier molecular flexibility index (Phi) is 8.17. The third kappa shape index (κ3) is 5.85. The minimum absolute atomic E-state index is 0.0150. The Morgan fingerprint density at radius 1 is 0.917 bits per heavy atom. The number of likely N-dealkylation sites (tertiary alicyclic amines) is 2. The Morgan fingerprint density at radius 3 is 2.40 bits per heavy atom. The first-order valence-electron chi connectivity index (χ1n) is 17.2.